The summed E-state index contributed by atoms with van der Waals surface area (Å²) in [4.78, 5) is 43.2. The number of nitrogens with zero attached hydrogens (tertiary/aromatic N) is 2. The molecule has 2 amide bonds. The van der Waals surface area contributed by atoms with E-state index in [2.05, 4.69) is 18.8 Å². The van der Waals surface area contributed by atoms with Gasteiger partial charge in [0, 0.05) is 24.4 Å². The van der Waals surface area contributed by atoms with Gasteiger partial charge in [0.15, 0.2) is 0 Å². The lowest BCUT2D eigenvalue weighted by molar-refractivity contribution is -0.134. The lowest BCUT2D eigenvalue weighted by Gasteiger charge is -2.35. The molecule has 1 N–H and O–H groups in total. The number of hydrogen-bond donors (Lipinski definition) is 1. The number of anilines is 1. The van der Waals surface area contributed by atoms with Crippen LogP contribution in [0.1, 0.15) is 87.7 Å². The standard InChI is InChI=1S/C26H36N2O4S/c1-17-8-10-19(11-9-17)24(30)28(18(2)23(29)27-14-6-7-15-27)21-16-20(12-13-26(3,4)5)33-22(21)25(31)32/h16-19H,6-11,14-15H2,1-5H3,(H,31,32)/t17-,18-,19-/m0/s1. The molecule has 6 nitrogen and oxygen atoms in total. The normalized spacial score (nSPS) is 21.8. The number of aromatic carboxylic acids is 1. The predicted molar refractivity (Wildman–Crippen MR) is 131 cm³/mol. The maximum atomic E-state index is 13.8. The Morgan fingerprint density at radius 3 is 2.30 bits per heavy atom. The summed E-state index contributed by atoms with van der Waals surface area (Å²) in [5.74, 6) is 5.25. The van der Waals surface area contributed by atoms with Crippen LogP contribution in [0.3, 0.4) is 0 Å². The van der Waals surface area contributed by atoms with E-state index in [1.807, 2.05) is 20.8 Å². The molecule has 33 heavy (non-hydrogen) atoms. The van der Waals surface area contributed by atoms with Crippen LogP contribution >= 0.6 is 11.3 Å². The average molecular weight is 473 g/mol. The Morgan fingerprint density at radius 1 is 1.15 bits per heavy atom. The van der Waals surface area contributed by atoms with Crippen LogP contribution in [0.15, 0.2) is 6.07 Å². The van der Waals surface area contributed by atoms with Crippen molar-refractivity contribution in [2.45, 2.75) is 79.2 Å². The summed E-state index contributed by atoms with van der Waals surface area (Å²) in [6, 6.07) is 0.926. The van der Waals surface area contributed by atoms with Crippen LogP contribution in [0.5, 0.6) is 0 Å². The molecular formula is C26H36N2O4S. The Labute approximate surface area is 201 Å². The van der Waals surface area contributed by atoms with Gasteiger partial charge in [-0.2, -0.15) is 0 Å². The second-order valence-electron chi connectivity index (χ2n) is 10.5. The van der Waals surface area contributed by atoms with Gasteiger partial charge in [-0.15, -0.1) is 11.3 Å². The zero-order valence-electron chi connectivity index (χ0n) is 20.4. The molecule has 1 aromatic rings. The highest BCUT2D eigenvalue weighted by Crippen LogP contribution is 2.36. The zero-order valence-corrected chi connectivity index (χ0v) is 21.3. The van der Waals surface area contributed by atoms with Crippen molar-refractivity contribution < 1.29 is 19.5 Å². The van der Waals surface area contributed by atoms with Crippen molar-refractivity contribution in [1.82, 2.24) is 4.90 Å². The first-order chi connectivity index (χ1) is 15.5. The Bertz CT molecular complexity index is 951. The predicted octanol–water partition coefficient (Wildman–Crippen LogP) is 5.01. The third-order valence-electron chi connectivity index (χ3n) is 6.49. The number of carbonyl (C=O) groups excluding carboxylic acids is 2. The number of rotatable bonds is 5. The molecule has 7 heteroatoms. The Kier molecular flexibility index (Phi) is 7.89. The maximum absolute atomic E-state index is 13.8. The molecule has 0 aromatic carbocycles. The van der Waals surface area contributed by atoms with E-state index >= 15 is 0 Å². The molecule has 0 radical (unpaired) electrons. The molecule has 0 bridgehead atoms. The van der Waals surface area contributed by atoms with E-state index in [4.69, 9.17) is 0 Å². The maximum Gasteiger partial charge on any atom is 0.348 e. The van der Waals surface area contributed by atoms with E-state index in [0.29, 0.717) is 29.6 Å². The van der Waals surface area contributed by atoms with Crippen LogP contribution in [-0.2, 0) is 9.59 Å². The minimum absolute atomic E-state index is 0.0619. The highest BCUT2D eigenvalue weighted by molar-refractivity contribution is 7.15. The van der Waals surface area contributed by atoms with Crippen LogP contribution in [0.25, 0.3) is 0 Å². The molecule has 3 rings (SSSR count). The van der Waals surface area contributed by atoms with E-state index < -0.39 is 12.0 Å². The fourth-order valence-electron chi connectivity index (χ4n) is 4.56. The van der Waals surface area contributed by atoms with Crippen molar-refractivity contribution in [2.75, 3.05) is 18.0 Å². The second-order valence-corrected chi connectivity index (χ2v) is 11.6. The van der Waals surface area contributed by atoms with Gasteiger partial charge in [0.1, 0.15) is 10.9 Å². The molecule has 1 aromatic heterocycles. The summed E-state index contributed by atoms with van der Waals surface area (Å²) >= 11 is 1.07. The van der Waals surface area contributed by atoms with Gasteiger partial charge < -0.3 is 10.0 Å². The topological polar surface area (TPSA) is 77.9 Å². The molecule has 1 aliphatic carbocycles. The zero-order chi connectivity index (χ0) is 24.3. The van der Waals surface area contributed by atoms with Gasteiger partial charge in [-0.1, -0.05) is 18.8 Å². The van der Waals surface area contributed by atoms with Gasteiger partial charge in [-0.3, -0.25) is 14.5 Å². The van der Waals surface area contributed by atoms with Gasteiger partial charge in [0.25, 0.3) is 0 Å². The Balaban J connectivity index is 2.03. The van der Waals surface area contributed by atoms with Crippen LogP contribution in [0, 0.1) is 29.1 Å². The molecule has 0 unspecified atom stereocenters. The summed E-state index contributed by atoms with van der Waals surface area (Å²) in [5, 5.41) is 9.94. The quantitative estimate of drug-likeness (QED) is 0.611. The number of amides is 2. The Morgan fingerprint density at radius 2 is 1.76 bits per heavy atom. The molecule has 2 fully saturated rings. The third-order valence-corrected chi connectivity index (χ3v) is 7.52. The van der Waals surface area contributed by atoms with Crippen molar-refractivity contribution in [3.05, 3.63) is 15.8 Å². The van der Waals surface area contributed by atoms with E-state index in [1.54, 1.807) is 17.9 Å². The highest BCUT2D eigenvalue weighted by Gasteiger charge is 2.38. The first kappa shape index (κ1) is 25.3. The van der Waals surface area contributed by atoms with Crippen LogP contribution in [-0.4, -0.2) is 46.9 Å². The lowest BCUT2D eigenvalue weighted by atomic mass is 9.82. The molecule has 2 heterocycles. The molecule has 180 valence electrons. The SMILES string of the molecule is C[C@@H](C(=O)N1CCCC1)N(c1cc(C#CC(C)(C)C)sc1C(=O)O)C(=O)[C@H]1CC[C@H](C)CC1. The van der Waals surface area contributed by atoms with Gasteiger partial charge in [0.05, 0.1) is 10.6 Å². The fraction of sp³-hybridized carbons (Fsp3) is 0.654. The smallest absolute Gasteiger partial charge is 0.348 e. The Hall–Kier alpha value is -2.33. The first-order valence-corrected chi connectivity index (χ1v) is 12.8. The van der Waals surface area contributed by atoms with Crippen LogP contribution < -0.4 is 4.90 Å². The van der Waals surface area contributed by atoms with Crippen molar-refractivity contribution in [2.24, 2.45) is 17.3 Å². The highest BCUT2D eigenvalue weighted by atomic mass is 32.1. The molecule has 1 saturated carbocycles. The number of carbonyl (C=O) groups is 3. The average Bonchev–Trinajstić information content (AvgIpc) is 3.42. The largest absolute Gasteiger partial charge is 0.477 e. The third kappa shape index (κ3) is 6.17. The number of hydrogen-bond acceptors (Lipinski definition) is 4. The van der Waals surface area contributed by atoms with E-state index in [-0.39, 0.29) is 28.0 Å². The summed E-state index contributed by atoms with van der Waals surface area (Å²) < 4.78 is 0. The number of thiophene rings is 1. The lowest BCUT2D eigenvalue weighted by Crippen LogP contribution is -2.51. The molecule has 1 atom stereocenters. The number of likely N-dealkylation sites (tertiary alicyclic amines) is 1. The van der Waals surface area contributed by atoms with Crippen molar-refractivity contribution in [3.63, 3.8) is 0 Å². The summed E-state index contributed by atoms with van der Waals surface area (Å²) in [6.07, 6.45) is 5.39. The van der Waals surface area contributed by atoms with Gasteiger partial charge in [0.2, 0.25) is 11.8 Å². The van der Waals surface area contributed by atoms with E-state index in [0.717, 1.165) is 49.9 Å². The van der Waals surface area contributed by atoms with Crippen LogP contribution in [0.4, 0.5) is 5.69 Å². The van der Waals surface area contributed by atoms with Crippen LogP contribution in [0.2, 0.25) is 0 Å². The molecule has 1 saturated heterocycles. The number of carboxylic acids is 1. The monoisotopic (exact) mass is 472 g/mol. The van der Waals surface area contributed by atoms with Gasteiger partial charge in [-0.05, 0) is 78.2 Å². The van der Waals surface area contributed by atoms with Crippen molar-refractivity contribution in [1.29, 1.82) is 0 Å². The minimum Gasteiger partial charge on any atom is -0.477 e. The summed E-state index contributed by atoms with van der Waals surface area (Å²) in [7, 11) is 0. The molecular weight excluding hydrogens is 436 g/mol. The second kappa shape index (κ2) is 10.3. The molecule has 0 spiro atoms. The van der Waals surface area contributed by atoms with Crippen molar-refractivity contribution >= 4 is 34.8 Å². The van der Waals surface area contributed by atoms with Crippen molar-refractivity contribution in [3.8, 4) is 11.8 Å². The van der Waals surface area contributed by atoms with E-state index in [1.165, 1.54) is 4.90 Å². The molecule has 2 aliphatic rings. The first-order valence-electron chi connectivity index (χ1n) is 12.0. The summed E-state index contributed by atoms with van der Waals surface area (Å²) in [5.41, 5.74) is 0.0651. The van der Waals surface area contributed by atoms with E-state index in [9.17, 15) is 19.5 Å². The number of carboxylic acid groups (broad SMARTS) is 1. The minimum atomic E-state index is -1.10. The molecule has 1 aliphatic heterocycles. The van der Waals surface area contributed by atoms with Gasteiger partial charge in [-0.25, -0.2) is 4.79 Å². The fourth-order valence-corrected chi connectivity index (χ4v) is 5.40. The van der Waals surface area contributed by atoms with Gasteiger partial charge >= 0.3 is 5.97 Å². The summed E-state index contributed by atoms with van der Waals surface area (Å²) in [6.45, 7) is 11.3.